The van der Waals surface area contributed by atoms with Crippen LogP contribution in [0.4, 0.5) is 11.4 Å². The predicted molar refractivity (Wildman–Crippen MR) is 116 cm³/mol. The van der Waals surface area contributed by atoms with Crippen LogP contribution in [0.15, 0.2) is 104 Å². The van der Waals surface area contributed by atoms with Gasteiger partial charge >= 0.3 is 0 Å². The fourth-order valence-electron chi connectivity index (χ4n) is 3.24. The van der Waals surface area contributed by atoms with Gasteiger partial charge in [-0.15, -0.1) is 0 Å². The van der Waals surface area contributed by atoms with Crippen LogP contribution < -0.4 is 10.4 Å². The Morgan fingerprint density at radius 3 is 2.22 bits per heavy atom. The zero-order valence-corrected chi connectivity index (χ0v) is 15.2. The topological polar surface area (TPSA) is 15.3 Å². The molecule has 2 nitrogen and oxygen atoms in total. The molecule has 0 radical (unpaired) electrons. The van der Waals surface area contributed by atoms with Gasteiger partial charge in [-0.1, -0.05) is 91.5 Å². The molecule has 4 rings (SSSR count). The maximum absolute atomic E-state index is 3.82. The molecule has 0 saturated carbocycles. The van der Waals surface area contributed by atoms with Crippen LogP contribution in [0.2, 0.25) is 0 Å². The van der Waals surface area contributed by atoms with Crippen LogP contribution in [0.25, 0.3) is 16.8 Å². The Balaban J connectivity index is 1.70. The van der Waals surface area contributed by atoms with E-state index in [-0.39, 0.29) is 0 Å². The Bertz CT molecular complexity index is 1030. The third kappa shape index (κ3) is 3.76. The Hall–Kier alpha value is -3.36. The van der Waals surface area contributed by atoms with Gasteiger partial charge in [0.2, 0.25) is 0 Å². The van der Waals surface area contributed by atoms with Crippen molar-refractivity contribution in [3.8, 4) is 0 Å². The van der Waals surface area contributed by atoms with Crippen molar-refractivity contribution >= 4 is 28.2 Å². The number of rotatable bonds is 6. The molecule has 4 aromatic carbocycles. The van der Waals surface area contributed by atoms with Crippen LogP contribution in [0.3, 0.4) is 0 Å². The Kier molecular flexibility index (Phi) is 4.99. The molecule has 27 heavy (non-hydrogen) atoms. The summed E-state index contributed by atoms with van der Waals surface area (Å²) >= 11 is 0. The van der Waals surface area contributed by atoms with Gasteiger partial charge in [-0.25, -0.2) is 5.43 Å². The maximum atomic E-state index is 3.82. The van der Waals surface area contributed by atoms with Crippen molar-refractivity contribution in [3.63, 3.8) is 0 Å². The lowest BCUT2D eigenvalue weighted by Gasteiger charge is -2.27. The molecule has 0 saturated heterocycles. The number of hydrogen-bond donors (Lipinski definition) is 1. The lowest BCUT2D eigenvalue weighted by Crippen LogP contribution is -2.33. The van der Waals surface area contributed by atoms with Gasteiger partial charge in [0.25, 0.3) is 0 Å². The largest absolute Gasteiger partial charge is 0.276 e. The van der Waals surface area contributed by atoms with E-state index in [2.05, 4.69) is 108 Å². The molecule has 0 spiro atoms. The highest BCUT2D eigenvalue weighted by Crippen LogP contribution is 2.30. The normalized spacial score (nSPS) is 10.7. The van der Waals surface area contributed by atoms with E-state index < -0.39 is 0 Å². The van der Waals surface area contributed by atoms with E-state index in [1.54, 1.807) is 0 Å². The summed E-state index contributed by atoms with van der Waals surface area (Å²) < 4.78 is 0. The molecule has 0 aromatic heterocycles. The highest BCUT2D eigenvalue weighted by Gasteiger charge is 2.12. The van der Waals surface area contributed by atoms with Crippen molar-refractivity contribution in [1.82, 2.24) is 5.43 Å². The molecule has 0 atom stereocenters. The van der Waals surface area contributed by atoms with Crippen LogP contribution in [0.5, 0.6) is 0 Å². The van der Waals surface area contributed by atoms with E-state index in [1.807, 2.05) is 12.1 Å². The third-order valence-electron chi connectivity index (χ3n) is 4.68. The third-order valence-corrected chi connectivity index (χ3v) is 4.68. The molecule has 0 aliphatic rings. The Morgan fingerprint density at radius 1 is 0.741 bits per heavy atom. The first kappa shape index (κ1) is 17.1. The molecule has 2 heteroatoms. The number of hydrazine groups is 1. The molecule has 0 amide bonds. The number of fused-ring (bicyclic) bond motifs is 1. The average molecular weight is 350 g/mol. The van der Waals surface area contributed by atoms with Crippen molar-refractivity contribution in [2.45, 2.75) is 6.54 Å². The summed E-state index contributed by atoms with van der Waals surface area (Å²) in [4.78, 5) is 0. The number of nitrogens with zero attached hydrogens (tertiary/aromatic N) is 1. The molecule has 4 aromatic rings. The van der Waals surface area contributed by atoms with Crippen molar-refractivity contribution in [3.05, 3.63) is 115 Å². The Morgan fingerprint density at radius 2 is 1.44 bits per heavy atom. The highest BCUT2D eigenvalue weighted by atomic mass is 15.5. The monoisotopic (exact) mass is 350 g/mol. The highest BCUT2D eigenvalue weighted by molar-refractivity contribution is 5.95. The minimum Gasteiger partial charge on any atom is -0.276 e. The molecule has 0 heterocycles. The van der Waals surface area contributed by atoms with Crippen LogP contribution in [-0.4, -0.2) is 0 Å². The summed E-state index contributed by atoms with van der Waals surface area (Å²) in [6, 6.07) is 33.8. The van der Waals surface area contributed by atoms with Gasteiger partial charge in [0, 0.05) is 11.9 Å². The standard InChI is InChI=1S/C25H22N2/c1-2-20-15-17-21(18-16-20)19-26-27(23-11-4-3-5-12-23)25-14-8-10-22-9-6-7-13-24(22)25/h2-18,26H,1,19H2. The summed E-state index contributed by atoms with van der Waals surface area (Å²) in [7, 11) is 0. The van der Waals surface area contributed by atoms with E-state index in [9.17, 15) is 0 Å². The number of nitrogens with one attached hydrogen (secondary N) is 1. The van der Waals surface area contributed by atoms with Crippen LogP contribution >= 0.6 is 0 Å². The van der Waals surface area contributed by atoms with Gasteiger partial charge in [0.15, 0.2) is 0 Å². The van der Waals surface area contributed by atoms with Gasteiger partial charge in [-0.2, -0.15) is 0 Å². The Labute approximate surface area is 160 Å². The number of hydrogen-bond acceptors (Lipinski definition) is 2. The lowest BCUT2D eigenvalue weighted by atomic mass is 10.1. The van der Waals surface area contributed by atoms with Crippen molar-refractivity contribution in [1.29, 1.82) is 0 Å². The molecular formula is C25H22N2. The molecule has 0 unspecified atom stereocenters. The van der Waals surface area contributed by atoms with Crippen molar-refractivity contribution in [2.75, 3.05) is 5.01 Å². The predicted octanol–water partition coefficient (Wildman–Crippen LogP) is 6.33. The summed E-state index contributed by atoms with van der Waals surface area (Å²) in [5.41, 5.74) is 8.21. The summed E-state index contributed by atoms with van der Waals surface area (Å²) in [5.74, 6) is 0. The fraction of sp³-hybridized carbons (Fsp3) is 0.0400. The fourth-order valence-corrected chi connectivity index (χ4v) is 3.24. The van der Waals surface area contributed by atoms with Crippen LogP contribution in [-0.2, 0) is 6.54 Å². The quantitative estimate of drug-likeness (QED) is 0.409. The van der Waals surface area contributed by atoms with Gasteiger partial charge < -0.3 is 0 Å². The van der Waals surface area contributed by atoms with E-state index in [0.717, 1.165) is 23.5 Å². The second kappa shape index (κ2) is 7.90. The molecule has 0 aliphatic heterocycles. The smallest absolute Gasteiger partial charge is 0.0656 e. The number of benzene rings is 4. The van der Waals surface area contributed by atoms with E-state index in [4.69, 9.17) is 0 Å². The minimum atomic E-state index is 0.732. The summed E-state index contributed by atoms with van der Waals surface area (Å²) in [6.45, 7) is 4.55. The first-order valence-electron chi connectivity index (χ1n) is 9.13. The van der Waals surface area contributed by atoms with Gasteiger partial charge in [0.1, 0.15) is 0 Å². The van der Waals surface area contributed by atoms with Crippen molar-refractivity contribution < 1.29 is 0 Å². The zero-order chi connectivity index (χ0) is 18.5. The molecule has 1 N–H and O–H groups in total. The molecule has 132 valence electrons. The summed E-state index contributed by atoms with van der Waals surface area (Å²) in [6.07, 6.45) is 1.86. The van der Waals surface area contributed by atoms with Crippen LogP contribution in [0, 0.1) is 0 Å². The van der Waals surface area contributed by atoms with E-state index in [0.29, 0.717) is 0 Å². The summed E-state index contributed by atoms with van der Waals surface area (Å²) in [5, 5.41) is 4.62. The maximum Gasteiger partial charge on any atom is 0.0656 e. The van der Waals surface area contributed by atoms with Crippen LogP contribution in [0.1, 0.15) is 11.1 Å². The second-order valence-electron chi connectivity index (χ2n) is 6.45. The minimum absolute atomic E-state index is 0.732. The first-order valence-corrected chi connectivity index (χ1v) is 9.13. The van der Waals surface area contributed by atoms with Gasteiger partial charge in [-0.05, 0) is 34.7 Å². The first-order chi connectivity index (χ1) is 13.3. The molecule has 0 aliphatic carbocycles. The molecule has 0 bridgehead atoms. The average Bonchev–Trinajstić information content (AvgIpc) is 2.75. The lowest BCUT2D eigenvalue weighted by molar-refractivity contribution is 0.709. The van der Waals surface area contributed by atoms with E-state index in [1.165, 1.54) is 16.3 Å². The number of anilines is 2. The number of para-hydroxylation sites is 1. The zero-order valence-electron chi connectivity index (χ0n) is 15.2. The molecule has 0 fully saturated rings. The second-order valence-corrected chi connectivity index (χ2v) is 6.45. The van der Waals surface area contributed by atoms with Gasteiger partial charge in [-0.3, -0.25) is 5.01 Å². The SMILES string of the molecule is C=Cc1ccc(CNN(c2ccccc2)c2cccc3ccccc23)cc1. The van der Waals surface area contributed by atoms with Crippen molar-refractivity contribution in [2.24, 2.45) is 0 Å². The van der Waals surface area contributed by atoms with E-state index >= 15 is 0 Å². The van der Waals surface area contributed by atoms with Gasteiger partial charge in [0.05, 0.1) is 11.4 Å². The molecular weight excluding hydrogens is 328 g/mol.